The number of rotatable bonds is 2. The van der Waals surface area contributed by atoms with Crippen LogP contribution in [0.15, 0.2) is 24.8 Å². The third-order valence-electron chi connectivity index (χ3n) is 1.73. The lowest BCUT2D eigenvalue weighted by Gasteiger charge is -2.22. The van der Waals surface area contributed by atoms with Crippen molar-refractivity contribution in [2.45, 2.75) is 12.8 Å². The topological polar surface area (TPSA) is 20.3 Å². The molecule has 1 amide bonds. The van der Waals surface area contributed by atoms with E-state index in [0.29, 0.717) is 6.42 Å². The van der Waals surface area contributed by atoms with Crippen molar-refractivity contribution in [1.82, 2.24) is 4.90 Å². The minimum absolute atomic E-state index is 0.185. The first-order valence-corrected chi connectivity index (χ1v) is 3.88. The second kappa shape index (κ2) is 3.96. The summed E-state index contributed by atoms with van der Waals surface area (Å²) in [5, 5.41) is 0. The van der Waals surface area contributed by atoms with E-state index in [9.17, 15) is 4.79 Å². The Bertz CT molecular complexity index is 184. The van der Waals surface area contributed by atoms with Gasteiger partial charge in [0.05, 0.1) is 0 Å². The van der Waals surface area contributed by atoms with E-state index in [0.717, 1.165) is 19.5 Å². The van der Waals surface area contributed by atoms with Crippen molar-refractivity contribution in [2.75, 3.05) is 13.1 Å². The average Bonchev–Trinajstić information content (AvgIpc) is 2.07. The van der Waals surface area contributed by atoms with Crippen molar-refractivity contribution in [3.05, 3.63) is 24.8 Å². The van der Waals surface area contributed by atoms with Crippen LogP contribution in [0, 0.1) is 0 Å². The van der Waals surface area contributed by atoms with E-state index in [-0.39, 0.29) is 5.91 Å². The second-order valence-electron chi connectivity index (χ2n) is 2.59. The Kier molecular flexibility index (Phi) is 2.90. The quantitative estimate of drug-likeness (QED) is 0.545. The molecule has 1 rings (SSSR count). The number of hydrogen-bond donors (Lipinski definition) is 0. The summed E-state index contributed by atoms with van der Waals surface area (Å²) in [6.07, 6.45) is 7.25. The summed E-state index contributed by atoms with van der Waals surface area (Å²) >= 11 is 0. The Morgan fingerprint density at radius 1 is 1.64 bits per heavy atom. The highest BCUT2D eigenvalue weighted by Gasteiger charge is 2.10. The van der Waals surface area contributed by atoms with E-state index in [1.165, 1.54) is 0 Å². The Labute approximate surface area is 67.2 Å². The van der Waals surface area contributed by atoms with Crippen molar-refractivity contribution in [3.63, 3.8) is 0 Å². The first-order chi connectivity index (χ1) is 5.34. The highest BCUT2D eigenvalue weighted by atomic mass is 16.2. The first-order valence-electron chi connectivity index (χ1n) is 3.88. The van der Waals surface area contributed by atoms with Gasteiger partial charge in [0.1, 0.15) is 0 Å². The van der Waals surface area contributed by atoms with Gasteiger partial charge in [0.2, 0.25) is 5.91 Å². The average molecular weight is 151 g/mol. The molecule has 0 N–H and O–H groups in total. The maximum absolute atomic E-state index is 11.2. The van der Waals surface area contributed by atoms with Crippen LogP contribution in [0.25, 0.3) is 0 Å². The molecule has 0 saturated carbocycles. The molecule has 0 fully saturated rings. The molecule has 2 heteroatoms. The van der Waals surface area contributed by atoms with Crippen LogP contribution in [0.1, 0.15) is 12.8 Å². The third-order valence-corrected chi connectivity index (χ3v) is 1.73. The number of amides is 1. The van der Waals surface area contributed by atoms with E-state index >= 15 is 0 Å². The molecule has 0 aromatic carbocycles. The molecular formula is C9H13NO. The van der Waals surface area contributed by atoms with Crippen LogP contribution in [0.2, 0.25) is 0 Å². The van der Waals surface area contributed by atoms with Crippen molar-refractivity contribution < 1.29 is 4.79 Å². The van der Waals surface area contributed by atoms with Crippen molar-refractivity contribution >= 4 is 5.91 Å². The highest BCUT2D eigenvalue weighted by Crippen LogP contribution is 2.03. The van der Waals surface area contributed by atoms with Crippen LogP contribution < -0.4 is 0 Å². The van der Waals surface area contributed by atoms with Gasteiger partial charge >= 0.3 is 0 Å². The van der Waals surface area contributed by atoms with Gasteiger partial charge in [-0.1, -0.05) is 18.2 Å². The number of carbonyl (C=O) groups excluding carboxylic acids is 1. The van der Waals surface area contributed by atoms with Gasteiger partial charge in [-0.25, -0.2) is 0 Å². The zero-order valence-electron chi connectivity index (χ0n) is 6.62. The SMILES string of the molecule is C=CCC(=O)N1CC=CCC1. The number of hydrogen-bond acceptors (Lipinski definition) is 1. The molecule has 0 spiro atoms. The molecule has 0 unspecified atom stereocenters. The summed E-state index contributed by atoms with van der Waals surface area (Å²) in [5.41, 5.74) is 0. The first kappa shape index (κ1) is 8.05. The molecule has 60 valence electrons. The van der Waals surface area contributed by atoms with E-state index in [4.69, 9.17) is 0 Å². The predicted molar refractivity (Wildman–Crippen MR) is 45.2 cm³/mol. The van der Waals surface area contributed by atoms with E-state index in [1.807, 2.05) is 11.0 Å². The van der Waals surface area contributed by atoms with Gasteiger partial charge in [-0.05, 0) is 6.42 Å². The van der Waals surface area contributed by atoms with Crippen LogP contribution in [0.3, 0.4) is 0 Å². The van der Waals surface area contributed by atoms with Crippen LogP contribution >= 0.6 is 0 Å². The molecule has 0 radical (unpaired) electrons. The van der Waals surface area contributed by atoms with Gasteiger partial charge in [0.15, 0.2) is 0 Å². The molecule has 0 aromatic heterocycles. The lowest BCUT2D eigenvalue weighted by molar-refractivity contribution is -0.129. The zero-order chi connectivity index (χ0) is 8.10. The van der Waals surface area contributed by atoms with Crippen molar-refractivity contribution in [3.8, 4) is 0 Å². The van der Waals surface area contributed by atoms with Crippen LogP contribution in [-0.4, -0.2) is 23.9 Å². The Morgan fingerprint density at radius 3 is 3.00 bits per heavy atom. The number of nitrogens with zero attached hydrogens (tertiary/aromatic N) is 1. The van der Waals surface area contributed by atoms with Crippen LogP contribution in [0.4, 0.5) is 0 Å². The Balaban J connectivity index is 2.40. The minimum Gasteiger partial charge on any atom is -0.338 e. The smallest absolute Gasteiger partial charge is 0.226 e. The summed E-state index contributed by atoms with van der Waals surface area (Å²) in [7, 11) is 0. The van der Waals surface area contributed by atoms with Crippen LogP contribution in [0.5, 0.6) is 0 Å². The molecular weight excluding hydrogens is 138 g/mol. The maximum atomic E-state index is 11.2. The van der Waals surface area contributed by atoms with Gasteiger partial charge in [-0.3, -0.25) is 4.79 Å². The fourth-order valence-corrected chi connectivity index (χ4v) is 1.12. The van der Waals surface area contributed by atoms with Gasteiger partial charge < -0.3 is 4.90 Å². The van der Waals surface area contributed by atoms with Gasteiger partial charge in [0, 0.05) is 19.5 Å². The summed E-state index contributed by atoms with van der Waals surface area (Å²) in [4.78, 5) is 13.1. The largest absolute Gasteiger partial charge is 0.338 e. The molecule has 2 nitrogen and oxygen atoms in total. The van der Waals surface area contributed by atoms with Crippen LogP contribution in [-0.2, 0) is 4.79 Å². The standard InChI is InChI=1S/C9H13NO/c1-2-6-9(11)10-7-4-3-5-8-10/h2-4H,1,5-8H2. The molecule has 0 aromatic rings. The molecule has 1 heterocycles. The predicted octanol–water partition coefficient (Wildman–Crippen LogP) is 1.35. The lowest BCUT2D eigenvalue weighted by atomic mass is 10.2. The van der Waals surface area contributed by atoms with Gasteiger partial charge in [0.25, 0.3) is 0 Å². The fourth-order valence-electron chi connectivity index (χ4n) is 1.12. The summed E-state index contributed by atoms with van der Waals surface area (Å²) in [6, 6.07) is 0. The third kappa shape index (κ3) is 2.22. The monoisotopic (exact) mass is 151 g/mol. The molecule has 0 bridgehead atoms. The van der Waals surface area contributed by atoms with Crippen molar-refractivity contribution in [2.24, 2.45) is 0 Å². The second-order valence-corrected chi connectivity index (χ2v) is 2.59. The number of carbonyl (C=O) groups is 1. The fraction of sp³-hybridized carbons (Fsp3) is 0.444. The minimum atomic E-state index is 0.185. The Hall–Kier alpha value is -1.05. The lowest BCUT2D eigenvalue weighted by Crippen LogP contribution is -2.33. The van der Waals surface area contributed by atoms with Gasteiger partial charge in [-0.2, -0.15) is 0 Å². The summed E-state index contributed by atoms with van der Waals surface area (Å²) in [5.74, 6) is 0.185. The molecule has 11 heavy (non-hydrogen) atoms. The van der Waals surface area contributed by atoms with E-state index in [1.54, 1.807) is 6.08 Å². The molecule has 1 aliphatic rings. The van der Waals surface area contributed by atoms with Gasteiger partial charge in [-0.15, -0.1) is 6.58 Å². The molecule has 0 aliphatic carbocycles. The highest BCUT2D eigenvalue weighted by molar-refractivity contribution is 5.77. The normalized spacial score (nSPS) is 16.5. The molecule has 1 aliphatic heterocycles. The zero-order valence-corrected chi connectivity index (χ0v) is 6.62. The maximum Gasteiger partial charge on any atom is 0.226 e. The molecule has 0 atom stereocenters. The van der Waals surface area contributed by atoms with E-state index < -0.39 is 0 Å². The van der Waals surface area contributed by atoms with E-state index in [2.05, 4.69) is 12.7 Å². The summed E-state index contributed by atoms with van der Waals surface area (Å²) < 4.78 is 0. The van der Waals surface area contributed by atoms with Crippen molar-refractivity contribution in [1.29, 1.82) is 0 Å². The molecule has 0 saturated heterocycles. The Morgan fingerprint density at radius 2 is 2.45 bits per heavy atom. The summed E-state index contributed by atoms with van der Waals surface area (Å²) in [6.45, 7) is 5.16.